The Labute approximate surface area is 126 Å². The van der Waals surface area contributed by atoms with Crippen molar-refractivity contribution in [3.05, 3.63) is 6.20 Å². The van der Waals surface area contributed by atoms with Crippen LogP contribution in [-0.4, -0.2) is 49.3 Å². The summed E-state index contributed by atoms with van der Waals surface area (Å²) in [7, 11) is -3.57. The van der Waals surface area contributed by atoms with Crippen molar-refractivity contribution in [1.82, 2.24) is 19.4 Å². The number of aryl methyl sites for hydroxylation is 1. The molecule has 0 saturated carbocycles. The van der Waals surface area contributed by atoms with Crippen LogP contribution in [0.4, 0.5) is 5.82 Å². The predicted octanol–water partition coefficient (Wildman–Crippen LogP) is 0.640. The summed E-state index contributed by atoms with van der Waals surface area (Å²) in [5.74, 6) is 0.0638. The lowest BCUT2D eigenvalue weighted by Crippen LogP contribution is -2.37. The van der Waals surface area contributed by atoms with Gasteiger partial charge in [0.05, 0.1) is 0 Å². The number of aromatic nitrogens is 2. The maximum atomic E-state index is 12.2. The summed E-state index contributed by atoms with van der Waals surface area (Å²) < 4.78 is 28.7. The third kappa shape index (κ3) is 4.42. The van der Waals surface area contributed by atoms with E-state index in [1.54, 1.807) is 4.68 Å². The van der Waals surface area contributed by atoms with E-state index in [1.165, 1.54) is 25.5 Å². The van der Waals surface area contributed by atoms with E-state index in [4.69, 9.17) is 5.73 Å². The fourth-order valence-electron chi connectivity index (χ4n) is 2.57. The monoisotopic (exact) mass is 315 g/mol. The topological polar surface area (TPSA) is 93.2 Å². The molecule has 3 N–H and O–H groups in total. The van der Waals surface area contributed by atoms with Gasteiger partial charge in [0.15, 0.2) is 5.82 Å². The van der Waals surface area contributed by atoms with Gasteiger partial charge < -0.3 is 10.6 Å². The first-order valence-corrected chi connectivity index (χ1v) is 9.06. The van der Waals surface area contributed by atoms with Crippen LogP contribution >= 0.6 is 0 Å². The molecule has 0 aromatic carbocycles. The van der Waals surface area contributed by atoms with Crippen LogP contribution in [0.1, 0.15) is 32.6 Å². The molecule has 0 radical (unpaired) electrons. The first-order valence-electron chi connectivity index (χ1n) is 7.58. The third-order valence-electron chi connectivity index (χ3n) is 3.67. The highest BCUT2D eigenvalue weighted by atomic mass is 32.2. The van der Waals surface area contributed by atoms with Crippen LogP contribution in [0.25, 0.3) is 0 Å². The molecule has 2 rings (SSSR count). The van der Waals surface area contributed by atoms with E-state index in [1.807, 2.05) is 6.92 Å². The maximum Gasteiger partial charge on any atom is 0.245 e. The highest BCUT2D eigenvalue weighted by molar-refractivity contribution is 7.89. The Kier molecular flexibility index (Phi) is 5.60. The fraction of sp³-hybridized carbons (Fsp3) is 0.769. The van der Waals surface area contributed by atoms with Gasteiger partial charge in [-0.2, -0.15) is 5.10 Å². The molecule has 1 aromatic rings. The van der Waals surface area contributed by atoms with E-state index in [0.717, 1.165) is 26.1 Å². The normalized spacial score (nSPS) is 17.2. The minimum absolute atomic E-state index is 0.0638. The van der Waals surface area contributed by atoms with E-state index in [0.29, 0.717) is 13.1 Å². The van der Waals surface area contributed by atoms with Crippen molar-refractivity contribution in [3.63, 3.8) is 0 Å². The predicted molar refractivity (Wildman–Crippen MR) is 82.4 cm³/mol. The van der Waals surface area contributed by atoms with Gasteiger partial charge in [0, 0.05) is 25.8 Å². The van der Waals surface area contributed by atoms with Crippen molar-refractivity contribution in [2.75, 3.05) is 31.9 Å². The van der Waals surface area contributed by atoms with E-state index in [-0.39, 0.29) is 10.7 Å². The van der Waals surface area contributed by atoms with E-state index in [9.17, 15) is 8.42 Å². The minimum atomic E-state index is -3.57. The zero-order valence-electron chi connectivity index (χ0n) is 12.6. The first-order chi connectivity index (χ1) is 10.0. The largest absolute Gasteiger partial charge is 0.381 e. The molecule has 0 aliphatic carbocycles. The highest BCUT2D eigenvalue weighted by Crippen LogP contribution is 2.16. The molecule has 0 unspecified atom stereocenters. The number of nitrogen functional groups attached to an aromatic ring is 1. The van der Waals surface area contributed by atoms with Gasteiger partial charge >= 0.3 is 0 Å². The number of anilines is 1. The van der Waals surface area contributed by atoms with Gasteiger partial charge in [0.25, 0.3) is 0 Å². The zero-order chi connectivity index (χ0) is 15.3. The Balaban J connectivity index is 1.91. The number of nitrogens with zero attached hydrogens (tertiary/aromatic N) is 3. The molecule has 8 heteroatoms. The smallest absolute Gasteiger partial charge is 0.245 e. The molecule has 0 amide bonds. The van der Waals surface area contributed by atoms with Gasteiger partial charge in [0.2, 0.25) is 10.0 Å². The van der Waals surface area contributed by atoms with Gasteiger partial charge in [0.1, 0.15) is 4.90 Å². The molecule has 1 aliphatic heterocycles. The molecule has 1 aliphatic rings. The lowest BCUT2D eigenvalue weighted by Gasteiger charge is -2.26. The van der Waals surface area contributed by atoms with Gasteiger partial charge in [-0.3, -0.25) is 4.68 Å². The summed E-state index contributed by atoms with van der Waals surface area (Å²) in [6.07, 6.45) is 6.05. The summed E-state index contributed by atoms with van der Waals surface area (Å²) in [5.41, 5.74) is 5.71. The second-order valence-corrected chi connectivity index (χ2v) is 7.18. The average molecular weight is 315 g/mol. The van der Waals surface area contributed by atoms with Crippen molar-refractivity contribution in [2.45, 2.75) is 44.0 Å². The Morgan fingerprint density at radius 1 is 1.29 bits per heavy atom. The molecular formula is C13H25N5O2S. The van der Waals surface area contributed by atoms with Crippen molar-refractivity contribution < 1.29 is 8.42 Å². The van der Waals surface area contributed by atoms with Crippen LogP contribution in [0.2, 0.25) is 0 Å². The summed E-state index contributed by atoms with van der Waals surface area (Å²) in [6, 6.07) is 0. The maximum absolute atomic E-state index is 12.2. The summed E-state index contributed by atoms with van der Waals surface area (Å²) in [4.78, 5) is 2.37. The number of rotatable bonds is 7. The zero-order valence-corrected chi connectivity index (χ0v) is 13.4. The lowest BCUT2D eigenvalue weighted by molar-refractivity contribution is 0.233. The van der Waals surface area contributed by atoms with Crippen LogP contribution < -0.4 is 10.5 Å². The number of nitrogens with one attached hydrogen (secondary N) is 1. The molecule has 0 bridgehead atoms. The van der Waals surface area contributed by atoms with Crippen LogP contribution in [0.15, 0.2) is 11.1 Å². The van der Waals surface area contributed by atoms with Crippen LogP contribution in [0.5, 0.6) is 0 Å². The second kappa shape index (κ2) is 7.24. The Morgan fingerprint density at radius 2 is 2.00 bits per heavy atom. The Morgan fingerprint density at radius 3 is 2.67 bits per heavy atom. The van der Waals surface area contributed by atoms with Gasteiger partial charge in [-0.1, -0.05) is 13.3 Å². The highest BCUT2D eigenvalue weighted by Gasteiger charge is 2.21. The number of sulfonamides is 1. The average Bonchev–Trinajstić information content (AvgIpc) is 2.82. The molecule has 0 atom stereocenters. The number of piperidine rings is 1. The molecule has 1 fully saturated rings. The number of nitrogens with two attached hydrogens (primary N) is 1. The third-order valence-corrected chi connectivity index (χ3v) is 5.14. The van der Waals surface area contributed by atoms with Crippen LogP contribution in [0, 0.1) is 0 Å². The standard InChI is InChI=1S/C13H25N5O2S/c1-2-7-18-11-12(13(14)16-18)21(19,20)15-6-10-17-8-4-3-5-9-17/h11,15H,2-10H2,1H3,(H2,14,16). The van der Waals surface area contributed by atoms with Crippen molar-refractivity contribution in [3.8, 4) is 0 Å². The Hall–Kier alpha value is -1.12. The van der Waals surface area contributed by atoms with Crippen LogP contribution in [-0.2, 0) is 16.6 Å². The fourth-order valence-corrected chi connectivity index (χ4v) is 3.66. The first kappa shape index (κ1) is 16.3. The quantitative estimate of drug-likeness (QED) is 0.770. The molecule has 1 aromatic heterocycles. The van der Waals surface area contributed by atoms with Crippen molar-refractivity contribution in [1.29, 1.82) is 0 Å². The van der Waals surface area contributed by atoms with Crippen molar-refractivity contribution >= 4 is 15.8 Å². The SMILES string of the molecule is CCCn1cc(S(=O)(=O)NCCN2CCCCC2)c(N)n1. The van der Waals surface area contributed by atoms with Crippen molar-refractivity contribution in [2.24, 2.45) is 0 Å². The van der Waals surface area contributed by atoms with Gasteiger partial charge in [-0.25, -0.2) is 13.1 Å². The number of hydrogen-bond donors (Lipinski definition) is 2. The van der Waals surface area contributed by atoms with Crippen LogP contribution in [0.3, 0.4) is 0 Å². The second-order valence-electron chi connectivity index (χ2n) is 5.44. The lowest BCUT2D eigenvalue weighted by atomic mass is 10.1. The molecule has 21 heavy (non-hydrogen) atoms. The molecule has 7 nitrogen and oxygen atoms in total. The molecule has 0 spiro atoms. The van der Waals surface area contributed by atoms with E-state index in [2.05, 4.69) is 14.7 Å². The molecule has 120 valence electrons. The molecule has 1 saturated heterocycles. The summed E-state index contributed by atoms with van der Waals surface area (Å²) in [6.45, 7) is 5.91. The van der Waals surface area contributed by atoms with E-state index >= 15 is 0 Å². The van der Waals surface area contributed by atoms with E-state index < -0.39 is 10.0 Å². The number of hydrogen-bond acceptors (Lipinski definition) is 5. The molecular weight excluding hydrogens is 290 g/mol. The van der Waals surface area contributed by atoms with Gasteiger partial charge in [-0.05, 0) is 32.4 Å². The minimum Gasteiger partial charge on any atom is -0.381 e. The molecule has 2 heterocycles. The Bertz CT molecular complexity index is 549. The number of likely N-dealkylation sites (tertiary alicyclic amines) is 1. The summed E-state index contributed by atoms with van der Waals surface area (Å²) in [5, 5.41) is 4.03. The van der Waals surface area contributed by atoms with Gasteiger partial charge in [-0.15, -0.1) is 0 Å². The summed E-state index contributed by atoms with van der Waals surface area (Å²) >= 11 is 0.